The van der Waals surface area contributed by atoms with Crippen LogP contribution in [-0.2, 0) is 4.79 Å². The molecule has 0 saturated heterocycles. The third-order valence-corrected chi connectivity index (χ3v) is 4.34. The van der Waals surface area contributed by atoms with Crippen molar-refractivity contribution in [3.05, 3.63) is 0 Å². The molecule has 0 spiro atoms. The van der Waals surface area contributed by atoms with Gasteiger partial charge in [-0.05, 0) is 23.8 Å². The summed E-state index contributed by atoms with van der Waals surface area (Å²) >= 11 is 0. The Morgan fingerprint density at radius 3 is 2.07 bits per heavy atom. The lowest BCUT2D eigenvalue weighted by Gasteiger charge is -2.17. The van der Waals surface area contributed by atoms with Gasteiger partial charge in [0.25, 0.3) is 0 Å². The van der Waals surface area contributed by atoms with Gasteiger partial charge in [0.05, 0.1) is 0 Å². The minimum absolute atomic E-state index is 0.140. The minimum Gasteiger partial charge on any atom is -0.345 e. The number of hydrogen-bond acceptors (Lipinski definition) is 2. The SMILES string of the molecule is CN(CCCN)C(=O)C1C(C)(C)C1(C)C. The van der Waals surface area contributed by atoms with Crippen LogP contribution in [0.5, 0.6) is 0 Å². The number of amides is 1. The van der Waals surface area contributed by atoms with Crippen molar-refractivity contribution in [3.8, 4) is 0 Å². The van der Waals surface area contributed by atoms with Gasteiger partial charge in [0.2, 0.25) is 5.91 Å². The van der Waals surface area contributed by atoms with Crippen molar-refractivity contribution in [3.63, 3.8) is 0 Å². The highest BCUT2D eigenvalue weighted by atomic mass is 16.2. The Labute approximate surface area is 93.0 Å². The molecule has 0 aromatic rings. The first-order chi connectivity index (χ1) is 6.76. The molecule has 0 heterocycles. The molecule has 1 rings (SSSR count). The van der Waals surface area contributed by atoms with Gasteiger partial charge < -0.3 is 10.6 Å². The summed E-state index contributed by atoms with van der Waals surface area (Å²) in [5.74, 6) is 0.450. The fourth-order valence-corrected chi connectivity index (χ4v) is 2.47. The highest BCUT2D eigenvalue weighted by Gasteiger charge is 2.68. The molecule has 0 aromatic heterocycles. The summed E-state index contributed by atoms with van der Waals surface area (Å²) in [6.45, 7) is 10.1. The van der Waals surface area contributed by atoms with Crippen LogP contribution in [0.4, 0.5) is 0 Å². The van der Waals surface area contributed by atoms with E-state index in [9.17, 15) is 4.79 Å². The number of carbonyl (C=O) groups is 1. The second-order valence-corrected chi connectivity index (χ2v) is 5.78. The Balaban J connectivity index is 2.57. The molecule has 1 fully saturated rings. The smallest absolute Gasteiger partial charge is 0.226 e. The molecule has 1 aliphatic carbocycles. The Morgan fingerprint density at radius 2 is 1.73 bits per heavy atom. The van der Waals surface area contributed by atoms with Gasteiger partial charge in [-0.2, -0.15) is 0 Å². The lowest BCUT2D eigenvalue weighted by molar-refractivity contribution is -0.132. The van der Waals surface area contributed by atoms with Gasteiger partial charge in [0.1, 0.15) is 0 Å². The van der Waals surface area contributed by atoms with E-state index in [1.165, 1.54) is 0 Å². The summed E-state index contributed by atoms with van der Waals surface area (Å²) < 4.78 is 0. The Bertz CT molecular complexity index is 244. The van der Waals surface area contributed by atoms with Gasteiger partial charge in [0.15, 0.2) is 0 Å². The van der Waals surface area contributed by atoms with Gasteiger partial charge in [-0.3, -0.25) is 4.79 Å². The quantitative estimate of drug-likeness (QED) is 0.767. The van der Waals surface area contributed by atoms with Crippen molar-refractivity contribution in [1.82, 2.24) is 4.90 Å². The molecule has 2 N–H and O–H groups in total. The van der Waals surface area contributed by atoms with Crippen molar-refractivity contribution >= 4 is 5.91 Å². The molecule has 3 nitrogen and oxygen atoms in total. The van der Waals surface area contributed by atoms with Crippen molar-refractivity contribution in [1.29, 1.82) is 0 Å². The fraction of sp³-hybridized carbons (Fsp3) is 0.917. The van der Waals surface area contributed by atoms with Gasteiger partial charge in [-0.1, -0.05) is 27.7 Å². The second kappa shape index (κ2) is 3.78. The number of nitrogens with zero attached hydrogens (tertiary/aromatic N) is 1. The summed E-state index contributed by atoms with van der Waals surface area (Å²) in [6, 6.07) is 0. The van der Waals surface area contributed by atoms with Crippen LogP contribution in [-0.4, -0.2) is 30.9 Å². The molecule has 88 valence electrons. The Hall–Kier alpha value is -0.570. The van der Waals surface area contributed by atoms with Crippen LogP contribution < -0.4 is 5.73 Å². The van der Waals surface area contributed by atoms with Crippen LogP contribution in [0.15, 0.2) is 0 Å². The van der Waals surface area contributed by atoms with Gasteiger partial charge >= 0.3 is 0 Å². The van der Waals surface area contributed by atoms with E-state index in [4.69, 9.17) is 5.73 Å². The number of hydrogen-bond donors (Lipinski definition) is 1. The Kier molecular flexibility index (Phi) is 3.15. The number of rotatable bonds is 4. The maximum Gasteiger partial charge on any atom is 0.226 e. The first-order valence-corrected chi connectivity index (χ1v) is 5.72. The molecule has 0 atom stereocenters. The van der Waals surface area contributed by atoms with Crippen LogP contribution in [0.1, 0.15) is 34.1 Å². The molecule has 0 unspecified atom stereocenters. The summed E-state index contributed by atoms with van der Waals surface area (Å²) in [5.41, 5.74) is 5.72. The molecule has 15 heavy (non-hydrogen) atoms. The molecular weight excluding hydrogens is 188 g/mol. The summed E-state index contributed by atoms with van der Waals surface area (Å²) in [6.07, 6.45) is 0.885. The number of carbonyl (C=O) groups excluding carboxylic acids is 1. The van der Waals surface area contributed by atoms with Crippen LogP contribution in [0, 0.1) is 16.7 Å². The molecule has 3 heteroatoms. The van der Waals surface area contributed by atoms with Gasteiger partial charge in [-0.25, -0.2) is 0 Å². The minimum atomic E-state index is 0.140. The molecule has 1 aliphatic rings. The Morgan fingerprint density at radius 1 is 1.27 bits per heavy atom. The van der Waals surface area contributed by atoms with E-state index in [-0.39, 0.29) is 22.7 Å². The topological polar surface area (TPSA) is 46.3 Å². The highest BCUT2D eigenvalue weighted by molar-refractivity contribution is 5.84. The second-order valence-electron chi connectivity index (χ2n) is 5.78. The lowest BCUT2D eigenvalue weighted by atomic mass is 10.0. The molecular formula is C12H24N2O. The van der Waals surface area contributed by atoms with Gasteiger partial charge in [0, 0.05) is 19.5 Å². The first-order valence-electron chi connectivity index (χ1n) is 5.72. The van der Waals surface area contributed by atoms with Gasteiger partial charge in [-0.15, -0.1) is 0 Å². The van der Waals surface area contributed by atoms with E-state index >= 15 is 0 Å². The van der Waals surface area contributed by atoms with Crippen LogP contribution in [0.3, 0.4) is 0 Å². The van der Waals surface area contributed by atoms with Crippen molar-refractivity contribution < 1.29 is 4.79 Å². The zero-order valence-electron chi connectivity index (χ0n) is 10.6. The fourth-order valence-electron chi connectivity index (χ4n) is 2.47. The zero-order valence-corrected chi connectivity index (χ0v) is 10.6. The van der Waals surface area contributed by atoms with Crippen LogP contribution in [0.25, 0.3) is 0 Å². The number of nitrogens with two attached hydrogens (primary N) is 1. The van der Waals surface area contributed by atoms with E-state index in [2.05, 4.69) is 27.7 Å². The van der Waals surface area contributed by atoms with E-state index in [1.807, 2.05) is 11.9 Å². The molecule has 0 aliphatic heterocycles. The van der Waals surface area contributed by atoms with Crippen LogP contribution >= 0.6 is 0 Å². The maximum atomic E-state index is 12.1. The van der Waals surface area contributed by atoms with Crippen molar-refractivity contribution in [2.45, 2.75) is 34.1 Å². The lowest BCUT2D eigenvalue weighted by Crippen LogP contribution is -2.32. The third kappa shape index (κ3) is 1.89. The predicted octanol–water partition coefficient (Wildman–Crippen LogP) is 1.48. The standard InChI is InChI=1S/C12H24N2O/c1-11(2)9(12(11,3)4)10(15)14(5)8-6-7-13/h9H,6-8,13H2,1-5H3. The summed E-state index contributed by atoms with van der Waals surface area (Å²) in [7, 11) is 1.88. The molecule has 1 saturated carbocycles. The predicted molar refractivity (Wildman–Crippen MR) is 62.4 cm³/mol. The van der Waals surface area contributed by atoms with E-state index in [0.29, 0.717) is 6.54 Å². The summed E-state index contributed by atoms with van der Waals surface area (Å²) in [4.78, 5) is 14.0. The molecule has 0 bridgehead atoms. The monoisotopic (exact) mass is 212 g/mol. The van der Waals surface area contributed by atoms with Crippen molar-refractivity contribution in [2.75, 3.05) is 20.1 Å². The van der Waals surface area contributed by atoms with Crippen LogP contribution in [0.2, 0.25) is 0 Å². The zero-order chi connectivity index (χ0) is 11.9. The highest BCUT2D eigenvalue weighted by Crippen LogP contribution is 2.68. The third-order valence-electron chi connectivity index (χ3n) is 4.34. The first kappa shape index (κ1) is 12.5. The normalized spacial score (nSPS) is 22.5. The molecule has 0 aromatic carbocycles. The maximum absolute atomic E-state index is 12.1. The molecule has 0 radical (unpaired) electrons. The average Bonchev–Trinajstić information content (AvgIpc) is 2.52. The molecule has 1 amide bonds. The van der Waals surface area contributed by atoms with E-state index in [1.54, 1.807) is 0 Å². The van der Waals surface area contributed by atoms with Crippen molar-refractivity contribution in [2.24, 2.45) is 22.5 Å². The largest absolute Gasteiger partial charge is 0.345 e. The van der Waals surface area contributed by atoms with E-state index in [0.717, 1.165) is 13.0 Å². The summed E-state index contributed by atoms with van der Waals surface area (Å²) in [5, 5.41) is 0. The average molecular weight is 212 g/mol. The van der Waals surface area contributed by atoms with E-state index < -0.39 is 0 Å².